The van der Waals surface area contributed by atoms with Crippen LogP contribution >= 0.6 is 0 Å². The second-order valence-corrected chi connectivity index (χ2v) is 6.01. The molecule has 3 rings (SSSR count). The van der Waals surface area contributed by atoms with Crippen molar-refractivity contribution < 1.29 is 4.79 Å². The number of carbonyl (C=O) groups excluding carboxylic acids is 1. The van der Waals surface area contributed by atoms with Gasteiger partial charge in [0.15, 0.2) is 0 Å². The normalized spacial score (nSPS) is 14.8. The zero-order valence-electron chi connectivity index (χ0n) is 13.7. The highest BCUT2D eigenvalue weighted by molar-refractivity contribution is 5.79. The summed E-state index contributed by atoms with van der Waals surface area (Å²) >= 11 is 0. The van der Waals surface area contributed by atoms with Crippen LogP contribution in [-0.4, -0.2) is 37.0 Å². The van der Waals surface area contributed by atoms with E-state index >= 15 is 0 Å². The zero-order valence-corrected chi connectivity index (χ0v) is 13.7. The lowest BCUT2D eigenvalue weighted by Gasteiger charge is -2.37. The molecular weight excluding hydrogens is 284 g/mol. The molecule has 0 atom stereocenters. The predicted molar refractivity (Wildman–Crippen MR) is 94.8 cm³/mol. The third-order valence-corrected chi connectivity index (χ3v) is 4.54. The van der Waals surface area contributed by atoms with Gasteiger partial charge in [-0.05, 0) is 23.6 Å². The fourth-order valence-electron chi connectivity index (χ4n) is 3.20. The van der Waals surface area contributed by atoms with Gasteiger partial charge in [0.2, 0.25) is 5.91 Å². The van der Waals surface area contributed by atoms with Crippen molar-refractivity contribution >= 4 is 11.6 Å². The minimum absolute atomic E-state index is 0.236. The maximum Gasteiger partial charge on any atom is 0.227 e. The van der Waals surface area contributed by atoms with Crippen LogP contribution in [0.15, 0.2) is 54.6 Å². The molecule has 1 aliphatic rings. The number of hydrogen-bond acceptors (Lipinski definition) is 2. The Morgan fingerprint density at radius 1 is 0.913 bits per heavy atom. The summed E-state index contributed by atoms with van der Waals surface area (Å²) in [4.78, 5) is 16.8. The highest BCUT2D eigenvalue weighted by Crippen LogP contribution is 2.22. The van der Waals surface area contributed by atoms with E-state index in [1.54, 1.807) is 0 Å². The van der Waals surface area contributed by atoms with Crippen LogP contribution in [0, 0.1) is 0 Å². The van der Waals surface area contributed by atoms with Crippen LogP contribution in [0.3, 0.4) is 0 Å². The predicted octanol–water partition coefficient (Wildman–Crippen LogP) is 3.14. The maximum atomic E-state index is 12.4. The Bertz CT molecular complexity index is 646. The molecule has 0 saturated carbocycles. The van der Waals surface area contributed by atoms with Gasteiger partial charge in [0.25, 0.3) is 0 Å². The SMILES string of the molecule is CCc1ccccc1N1CCN(C(=O)Cc2ccccc2)CC1. The molecule has 1 amide bonds. The van der Waals surface area contributed by atoms with Gasteiger partial charge in [-0.2, -0.15) is 0 Å². The lowest BCUT2D eigenvalue weighted by atomic mass is 10.1. The number of para-hydroxylation sites is 1. The summed E-state index contributed by atoms with van der Waals surface area (Å²) < 4.78 is 0. The lowest BCUT2D eigenvalue weighted by molar-refractivity contribution is -0.130. The van der Waals surface area contributed by atoms with Crippen LogP contribution in [0.1, 0.15) is 18.1 Å². The fourth-order valence-corrected chi connectivity index (χ4v) is 3.20. The highest BCUT2D eigenvalue weighted by atomic mass is 16.2. The number of hydrogen-bond donors (Lipinski definition) is 0. The Kier molecular flexibility index (Phi) is 4.96. The van der Waals surface area contributed by atoms with Crippen LogP contribution in [0.25, 0.3) is 0 Å². The first-order chi connectivity index (χ1) is 11.3. The lowest BCUT2D eigenvalue weighted by Crippen LogP contribution is -2.49. The average molecular weight is 308 g/mol. The van der Waals surface area contributed by atoms with Crippen molar-refractivity contribution in [3.05, 3.63) is 65.7 Å². The van der Waals surface area contributed by atoms with Crippen molar-refractivity contribution in [3.8, 4) is 0 Å². The van der Waals surface area contributed by atoms with E-state index in [9.17, 15) is 4.79 Å². The largest absolute Gasteiger partial charge is 0.368 e. The third kappa shape index (κ3) is 3.73. The molecule has 0 spiro atoms. The first-order valence-electron chi connectivity index (χ1n) is 8.42. The topological polar surface area (TPSA) is 23.6 Å². The molecule has 0 bridgehead atoms. The van der Waals surface area contributed by atoms with Crippen LogP contribution < -0.4 is 4.90 Å². The number of piperazine rings is 1. The maximum absolute atomic E-state index is 12.4. The van der Waals surface area contributed by atoms with E-state index in [4.69, 9.17) is 0 Å². The fraction of sp³-hybridized carbons (Fsp3) is 0.350. The molecule has 1 saturated heterocycles. The standard InChI is InChI=1S/C20H24N2O/c1-2-18-10-6-7-11-19(18)21-12-14-22(15-13-21)20(23)16-17-8-4-3-5-9-17/h3-11H,2,12-16H2,1H3. The molecule has 0 N–H and O–H groups in total. The molecule has 0 aliphatic carbocycles. The van der Waals surface area contributed by atoms with Gasteiger partial charge in [-0.25, -0.2) is 0 Å². The average Bonchev–Trinajstić information content (AvgIpc) is 2.62. The van der Waals surface area contributed by atoms with E-state index in [0.717, 1.165) is 38.2 Å². The number of carbonyl (C=O) groups is 1. The number of anilines is 1. The van der Waals surface area contributed by atoms with Crippen LogP contribution in [0.4, 0.5) is 5.69 Å². The van der Waals surface area contributed by atoms with E-state index in [1.807, 2.05) is 35.2 Å². The molecule has 0 radical (unpaired) electrons. The smallest absolute Gasteiger partial charge is 0.227 e. The van der Waals surface area contributed by atoms with Crippen molar-refractivity contribution in [1.82, 2.24) is 4.90 Å². The van der Waals surface area contributed by atoms with Crippen LogP contribution in [0.2, 0.25) is 0 Å². The van der Waals surface area contributed by atoms with Crippen molar-refractivity contribution in [2.45, 2.75) is 19.8 Å². The molecule has 1 heterocycles. The molecule has 1 fully saturated rings. The number of benzene rings is 2. The monoisotopic (exact) mass is 308 g/mol. The Labute approximate surface area is 138 Å². The van der Waals surface area contributed by atoms with E-state index in [0.29, 0.717) is 6.42 Å². The highest BCUT2D eigenvalue weighted by Gasteiger charge is 2.22. The molecule has 3 nitrogen and oxygen atoms in total. The van der Waals surface area contributed by atoms with Crippen molar-refractivity contribution in [1.29, 1.82) is 0 Å². The second kappa shape index (κ2) is 7.32. The molecule has 23 heavy (non-hydrogen) atoms. The van der Waals surface area contributed by atoms with Gasteiger partial charge in [-0.15, -0.1) is 0 Å². The summed E-state index contributed by atoms with van der Waals surface area (Å²) in [6, 6.07) is 18.6. The Morgan fingerprint density at radius 2 is 1.57 bits per heavy atom. The molecule has 0 aromatic heterocycles. The van der Waals surface area contributed by atoms with Gasteiger partial charge in [-0.3, -0.25) is 4.79 Å². The summed E-state index contributed by atoms with van der Waals surface area (Å²) in [5.41, 5.74) is 3.80. The number of rotatable bonds is 4. The van der Waals surface area contributed by atoms with Gasteiger partial charge in [0, 0.05) is 31.9 Å². The van der Waals surface area contributed by atoms with E-state index in [-0.39, 0.29) is 5.91 Å². The summed E-state index contributed by atoms with van der Waals surface area (Å²) in [5.74, 6) is 0.236. The van der Waals surface area contributed by atoms with Gasteiger partial charge in [0.1, 0.15) is 0 Å². The molecule has 0 unspecified atom stereocenters. The minimum atomic E-state index is 0.236. The molecular formula is C20H24N2O. The Morgan fingerprint density at radius 3 is 2.26 bits per heavy atom. The number of nitrogens with zero attached hydrogens (tertiary/aromatic N) is 2. The van der Waals surface area contributed by atoms with E-state index in [1.165, 1.54) is 11.3 Å². The Hall–Kier alpha value is -2.29. The van der Waals surface area contributed by atoms with Crippen molar-refractivity contribution in [3.63, 3.8) is 0 Å². The van der Waals surface area contributed by atoms with Crippen LogP contribution in [0.5, 0.6) is 0 Å². The van der Waals surface area contributed by atoms with Gasteiger partial charge in [0.05, 0.1) is 6.42 Å². The van der Waals surface area contributed by atoms with E-state index < -0.39 is 0 Å². The summed E-state index contributed by atoms with van der Waals surface area (Å²) in [6.07, 6.45) is 1.55. The van der Waals surface area contributed by atoms with Gasteiger partial charge >= 0.3 is 0 Å². The van der Waals surface area contributed by atoms with Crippen molar-refractivity contribution in [2.24, 2.45) is 0 Å². The summed E-state index contributed by atoms with van der Waals surface area (Å²) in [7, 11) is 0. The molecule has 2 aromatic rings. The summed E-state index contributed by atoms with van der Waals surface area (Å²) in [6.45, 7) is 5.64. The number of aryl methyl sites for hydroxylation is 1. The van der Waals surface area contributed by atoms with E-state index in [2.05, 4.69) is 36.1 Å². The second-order valence-electron chi connectivity index (χ2n) is 6.01. The van der Waals surface area contributed by atoms with Gasteiger partial charge in [-0.1, -0.05) is 55.5 Å². The zero-order chi connectivity index (χ0) is 16.1. The molecule has 1 aliphatic heterocycles. The van der Waals surface area contributed by atoms with Crippen molar-refractivity contribution in [2.75, 3.05) is 31.1 Å². The first kappa shape index (κ1) is 15.6. The number of amides is 1. The third-order valence-electron chi connectivity index (χ3n) is 4.54. The van der Waals surface area contributed by atoms with Crippen LogP contribution in [-0.2, 0) is 17.6 Å². The molecule has 120 valence electrons. The quantitative estimate of drug-likeness (QED) is 0.866. The van der Waals surface area contributed by atoms with Gasteiger partial charge < -0.3 is 9.80 Å². The first-order valence-corrected chi connectivity index (χ1v) is 8.42. The minimum Gasteiger partial charge on any atom is -0.368 e. The summed E-state index contributed by atoms with van der Waals surface area (Å²) in [5, 5.41) is 0. The Balaban J connectivity index is 1.59. The molecule has 3 heteroatoms. The molecule has 2 aromatic carbocycles.